The Morgan fingerprint density at radius 3 is 2.36 bits per heavy atom. The van der Waals surface area contributed by atoms with Crippen molar-refractivity contribution in [2.24, 2.45) is 16.0 Å². The van der Waals surface area contributed by atoms with Crippen molar-refractivity contribution in [3.63, 3.8) is 0 Å². The van der Waals surface area contributed by atoms with Crippen molar-refractivity contribution in [1.82, 2.24) is 5.06 Å². The molecule has 0 aromatic heterocycles. The molecule has 1 aliphatic heterocycles. The standard InChI is InChI=1S/C19H18N4O5/c20-10-9-12-1-6-15(16(24)11-12)22-21-14-4-2-13(3-5-14)19(27)28-23-17(25)7-8-18(23)26/h1-6,11,24H,7-10,20H2/b22-21+. The van der Waals surface area contributed by atoms with Gasteiger partial charge < -0.3 is 15.7 Å². The molecule has 2 amide bonds. The second-order valence-electron chi connectivity index (χ2n) is 6.07. The third kappa shape index (κ3) is 4.38. The summed E-state index contributed by atoms with van der Waals surface area (Å²) in [6.45, 7) is 0.481. The number of rotatable bonds is 6. The van der Waals surface area contributed by atoms with Crippen LogP contribution in [0.4, 0.5) is 11.4 Å². The molecular weight excluding hydrogens is 364 g/mol. The van der Waals surface area contributed by atoms with Crippen LogP contribution < -0.4 is 5.73 Å². The highest BCUT2D eigenvalue weighted by molar-refractivity contribution is 6.02. The second kappa shape index (κ2) is 8.40. The Morgan fingerprint density at radius 2 is 1.75 bits per heavy atom. The Kier molecular flexibility index (Phi) is 5.75. The Bertz CT molecular complexity index is 924. The van der Waals surface area contributed by atoms with Gasteiger partial charge in [0.1, 0.15) is 11.4 Å². The summed E-state index contributed by atoms with van der Waals surface area (Å²) in [6.07, 6.45) is 0.716. The zero-order chi connectivity index (χ0) is 20.1. The highest BCUT2D eigenvalue weighted by Gasteiger charge is 2.33. The number of carbonyl (C=O) groups is 3. The molecule has 1 saturated heterocycles. The molecule has 2 aromatic carbocycles. The van der Waals surface area contributed by atoms with E-state index in [1.807, 2.05) is 0 Å². The molecular formula is C19H18N4O5. The zero-order valence-electron chi connectivity index (χ0n) is 14.9. The maximum atomic E-state index is 12.0. The third-order valence-corrected chi connectivity index (χ3v) is 4.03. The minimum Gasteiger partial charge on any atom is -0.506 e. The van der Waals surface area contributed by atoms with Gasteiger partial charge in [0, 0.05) is 12.8 Å². The number of imide groups is 1. The van der Waals surface area contributed by atoms with E-state index < -0.39 is 17.8 Å². The van der Waals surface area contributed by atoms with Crippen molar-refractivity contribution in [2.75, 3.05) is 6.54 Å². The number of aromatic hydroxyl groups is 1. The van der Waals surface area contributed by atoms with E-state index in [2.05, 4.69) is 10.2 Å². The number of benzene rings is 2. The van der Waals surface area contributed by atoms with Gasteiger partial charge in [-0.1, -0.05) is 6.07 Å². The van der Waals surface area contributed by atoms with Gasteiger partial charge in [-0.2, -0.15) is 5.11 Å². The molecule has 0 radical (unpaired) electrons. The number of hydrogen-bond donors (Lipinski definition) is 2. The zero-order valence-corrected chi connectivity index (χ0v) is 14.9. The molecule has 9 heteroatoms. The Morgan fingerprint density at radius 1 is 1.07 bits per heavy atom. The molecule has 0 spiro atoms. The highest BCUT2D eigenvalue weighted by Crippen LogP contribution is 2.29. The predicted octanol–water partition coefficient (Wildman–Crippen LogP) is 2.53. The number of carbonyl (C=O) groups excluding carboxylic acids is 3. The summed E-state index contributed by atoms with van der Waals surface area (Å²) >= 11 is 0. The number of phenolic OH excluding ortho intramolecular Hbond substituents is 1. The summed E-state index contributed by atoms with van der Waals surface area (Å²) in [4.78, 5) is 39.9. The van der Waals surface area contributed by atoms with Crippen LogP contribution in [0.2, 0.25) is 0 Å². The monoisotopic (exact) mass is 382 g/mol. The van der Waals surface area contributed by atoms with E-state index in [0.29, 0.717) is 29.4 Å². The van der Waals surface area contributed by atoms with Gasteiger partial charge in [-0.25, -0.2) is 4.79 Å². The summed E-state index contributed by atoms with van der Waals surface area (Å²) in [6, 6.07) is 10.9. The average molecular weight is 382 g/mol. The summed E-state index contributed by atoms with van der Waals surface area (Å²) < 4.78 is 0. The van der Waals surface area contributed by atoms with E-state index in [0.717, 1.165) is 5.56 Å². The summed E-state index contributed by atoms with van der Waals surface area (Å²) in [5.41, 5.74) is 7.28. The molecule has 3 rings (SSSR count). The van der Waals surface area contributed by atoms with Crippen LogP contribution in [-0.2, 0) is 20.8 Å². The second-order valence-corrected chi connectivity index (χ2v) is 6.07. The molecule has 144 valence electrons. The first-order chi connectivity index (χ1) is 13.5. The normalized spacial score (nSPS) is 14.1. The van der Waals surface area contributed by atoms with E-state index in [1.165, 1.54) is 24.3 Å². The Labute approximate surface area is 160 Å². The molecule has 0 bridgehead atoms. The van der Waals surface area contributed by atoms with E-state index in [9.17, 15) is 19.5 Å². The van der Waals surface area contributed by atoms with Gasteiger partial charge >= 0.3 is 5.97 Å². The molecule has 1 fully saturated rings. The van der Waals surface area contributed by atoms with Crippen LogP contribution in [0.25, 0.3) is 0 Å². The molecule has 0 atom stereocenters. The first-order valence-electron chi connectivity index (χ1n) is 8.60. The molecule has 0 aliphatic carbocycles. The van der Waals surface area contributed by atoms with E-state index >= 15 is 0 Å². The first kappa shape index (κ1) is 19.2. The lowest BCUT2D eigenvalue weighted by molar-refractivity contribution is -0.172. The summed E-state index contributed by atoms with van der Waals surface area (Å²) in [7, 11) is 0. The van der Waals surface area contributed by atoms with E-state index in [-0.39, 0.29) is 24.2 Å². The van der Waals surface area contributed by atoms with Gasteiger partial charge in [0.15, 0.2) is 0 Å². The minimum atomic E-state index is -0.819. The fourth-order valence-corrected chi connectivity index (χ4v) is 2.55. The molecule has 1 heterocycles. The number of phenols is 1. The van der Waals surface area contributed by atoms with Gasteiger partial charge in [-0.15, -0.1) is 10.2 Å². The molecule has 28 heavy (non-hydrogen) atoms. The number of nitrogens with two attached hydrogens (primary N) is 1. The lowest BCUT2D eigenvalue weighted by atomic mass is 10.1. The molecule has 0 saturated carbocycles. The van der Waals surface area contributed by atoms with Crippen LogP contribution >= 0.6 is 0 Å². The molecule has 3 N–H and O–H groups in total. The van der Waals surface area contributed by atoms with Crippen molar-refractivity contribution in [2.45, 2.75) is 19.3 Å². The van der Waals surface area contributed by atoms with Gasteiger partial charge in [0.2, 0.25) is 0 Å². The van der Waals surface area contributed by atoms with E-state index in [4.69, 9.17) is 10.6 Å². The van der Waals surface area contributed by atoms with Crippen LogP contribution in [0.3, 0.4) is 0 Å². The predicted molar refractivity (Wildman–Crippen MR) is 98.0 cm³/mol. The fraction of sp³-hybridized carbons (Fsp3) is 0.211. The van der Waals surface area contributed by atoms with Crippen LogP contribution in [0.1, 0.15) is 28.8 Å². The largest absolute Gasteiger partial charge is 0.506 e. The van der Waals surface area contributed by atoms with Gasteiger partial charge in [0.05, 0.1) is 11.3 Å². The fourth-order valence-electron chi connectivity index (χ4n) is 2.55. The third-order valence-electron chi connectivity index (χ3n) is 4.03. The van der Waals surface area contributed by atoms with Crippen LogP contribution in [0, 0.1) is 0 Å². The lowest BCUT2D eigenvalue weighted by Gasteiger charge is -2.12. The molecule has 9 nitrogen and oxygen atoms in total. The number of amides is 2. The number of hydroxylamine groups is 2. The SMILES string of the molecule is NCCc1ccc(/N=N/c2ccc(C(=O)ON3C(=O)CCC3=O)cc2)c(O)c1. The highest BCUT2D eigenvalue weighted by atomic mass is 16.7. The van der Waals surface area contributed by atoms with Crippen LogP contribution in [-0.4, -0.2) is 34.5 Å². The van der Waals surface area contributed by atoms with Crippen molar-refractivity contribution in [1.29, 1.82) is 0 Å². The molecule has 2 aromatic rings. The van der Waals surface area contributed by atoms with E-state index in [1.54, 1.807) is 18.2 Å². The van der Waals surface area contributed by atoms with Gasteiger partial charge in [0.25, 0.3) is 11.8 Å². The number of azo groups is 1. The maximum absolute atomic E-state index is 12.0. The average Bonchev–Trinajstić information content (AvgIpc) is 3.00. The molecule has 1 aliphatic rings. The topological polar surface area (TPSA) is 135 Å². The number of hydrogen-bond acceptors (Lipinski definition) is 8. The lowest BCUT2D eigenvalue weighted by Crippen LogP contribution is -2.32. The maximum Gasteiger partial charge on any atom is 0.363 e. The van der Waals surface area contributed by atoms with Crippen molar-refractivity contribution >= 4 is 29.2 Å². The Balaban J connectivity index is 1.65. The number of nitrogens with zero attached hydrogens (tertiary/aromatic N) is 3. The smallest absolute Gasteiger partial charge is 0.363 e. The van der Waals surface area contributed by atoms with Crippen LogP contribution in [0.15, 0.2) is 52.7 Å². The van der Waals surface area contributed by atoms with Gasteiger partial charge in [-0.05, 0) is 54.9 Å². The molecule has 0 unspecified atom stereocenters. The van der Waals surface area contributed by atoms with Gasteiger partial charge in [-0.3, -0.25) is 9.59 Å². The summed E-state index contributed by atoms with van der Waals surface area (Å²) in [5, 5.41) is 18.5. The Hall–Kier alpha value is -3.59. The minimum absolute atomic E-state index is 0.00477. The quantitative estimate of drug-likeness (QED) is 0.582. The van der Waals surface area contributed by atoms with Crippen molar-refractivity contribution in [3.8, 4) is 5.75 Å². The van der Waals surface area contributed by atoms with Crippen molar-refractivity contribution < 1.29 is 24.3 Å². The summed E-state index contributed by atoms with van der Waals surface area (Å²) in [5.74, 6) is -1.91. The van der Waals surface area contributed by atoms with Crippen molar-refractivity contribution in [3.05, 3.63) is 53.6 Å². The van der Waals surface area contributed by atoms with Crippen LogP contribution in [0.5, 0.6) is 5.75 Å². The first-order valence-corrected chi connectivity index (χ1v) is 8.60.